The number of hydrogen-bond acceptors (Lipinski definition) is 1. The van der Waals surface area contributed by atoms with Crippen LogP contribution in [0.15, 0.2) is 42.5 Å². The lowest BCUT2D eigenvalue weighted by Gasteiger charge is -2.43. The molecule has 0 aliphatic carbocycles. The molecule has 3 rings (SSSR count). The lowest BCUT2D eigenvalue weighted by atomic mass is 9.71. The van der Waals surface area contributed by atoms with E-state index in [-0.39, 0.29) is 16.3 Å². The minimum absolute atomic E-state index is 0.101. The summed E-state index contributed by atoms with van der Waals surface area (Å²) in [5.41, 5.74) is 1.69. The zero-order valence-corrected chi connectivity index (χ0v) is 12.3. The standard InChI is InChI=1S/C16H14Cl2FN/c17-13-5-2-4-12(7-13)16(9-20-10-16)8-11-3-1-6-14(18)15(11)19/h1-7,20H,8-10H2. The first-order chi connectivity index (χ1) is 9.61. The van der Waals surface area contributed by atoms with E-state index < -0.39 is 0 Å². The Morgan fingerprint density at radius 2 is 1.85 bits per heavy atom. The van der Waals surface area contributed by atoms with Crippen molar-refractivity contribution in [3.8, 4) is 0 Å². The van der Waals surface area contributed by atoms with Crippen molar-refractivity contribution in [2.45, 2.75) is 11.8 Å². The molecular formula is C16H14Cl2FN. The van der Waals surface area contributed by atoms with E-state index in [2.05, 4.69) is 11.4 Å². The highest BCUT2D eigenvalue weighted by atomic mass is 35.5. The smallest absolute Gasteiger partial charge is 0.145 e. The summed E-state index contributed by atoms with van der Waals surface area (Å²) in [6.45, 7) is 1.64. The predicted molar refractivity (Wildman–Crippen MR) is 81.1 cm³/mol. The van der Waals surface area contributed by atoms with Crippen LogP contribution in [0.2, 0.25) is 10.0 Å². The third-order valence-electron chi connectivity index (χ3n) is 3.92. The van der Waals surface area contributed by atoms with Crippen LogP contribution in [0.5, 0.6) is 0 Å². The van der Waals surface area contributed by atoms with Crippen LogP contribution in [0.3, 0.4) is 0 Å². The van der Waals surface area contributed by atoms with Gasteiger partial charge in [0.2, 0.25) is 0 Å². The molecule has 2 aromatic carbocycles. The second-order valence-electron chi connectivity index (χ2n) is 5.28. The van der Waals surface area contributed by atoms with Crippen LogP contribution in [-0.2, 0) is 11.8 Å². The first-order valence-corrected chi connectivity index (χ1v) is 7.26. The molecule has 1 saturated heterocycles. The molecule has 2 aromatic rings. The highest BCUT2D eigenvalue weighted by Crippen LogP contribution is 2.35. The summed E-state index contributed by atoms with van der Waals surface area (Å²) >= 11 is 11.9. The van der Waals surface area contributed by atoms with Gasteiger partial charge in [-0.3, -0.25) is 0 Å². The SMILES string of the molecule is Fc1c(Cl)cccc1CC1(c2cccc(Cl)c2)CNC1. The highest BCUT2D eigenvalue weighted by molar-refractivity contribution is 6.31. The van der Waals surface area contributed by atoms with Crippen molar-refractivity contribution in [3.05, 3.63) is 69.5 Å². The Bertz CT molecular complexity index is 638. The lowest BCUT2D eigenvalue weighted by Crippen LogP contribution is -2.58. The molecule has 0 saturated carbocycles. The Labute approximate surface area is 127 Å². The second kappa shape index (κ2) is 5.36. The lowest BCUT2D eigenvalue weighted by molar-refractivity contribution is 0.272. The van der Waals surface area contributed by atoms with Crippen LogP contribution < -0.4 is 5.32 Å². The molecule has 20 heavy (non-hydrogen) atoms. The zero-order valence-electron chi connectivity index (χ0n) is 10.8. The molecule has 0 radical (unpaired) electrons. The van der Waals surface area contributed by atoms with E-state index in [4.69, 9.17) is 23.2 Å². The van der Waals surface area contributed by atoms with E-state index in [1.54, 1.807) is 18.2 Å². The molecule has 1 N–H and O–H groups in total. The summed E-state index contributed by atoms with van der Waals surface area (Å²) in [6, 6.07) is 13.0. The molecule has 0 amide bonds. The molecule has 1 aliphatic heterocycles. The molecule has 1 nitrogen and oxygen atoms in total. The summed E-state index contributed by atoms with van der Waals surface area (Å²) < 4.78 is 14.1. The third-order valence-corrected chi connectivity index (χ3v) is 4.45. The average molecular weight is 310 g/mol. The fraction of sp³-hybridized carbons (Fsp3) is 0.250. The fourth-order valence-corrected chi connectivity index (χ4v) is 3.11. The van der Waals surface area contributed by atoms with Crippen LogP contribution in [0, 0.1) is 5.82 Å². The number of benzene rings is 2. The molecule has 104 valence electrons. The number of nitrogens with one attached hydrogen (secondary N) is 1. The Morgan fingerprint density at radius 1 is 1.10 bits per heavy atom. The van der Waals surface area contributed by atoms with Gasteiger partial charge in [-0.1, -0.05) is 47.5 Å². The van der Waals surface area contributed by atoms with E-state index in [0.717, 1.165) is 18.7 Å². The summed E-state index contributed by atoms with van der Waals surface area (Å²) in [5, 5.41) is 4.16. The molecule has 0 unspecified atom stereocenters. The van der Waals surface area contributed by atoms with Gasteiger partial charge in [0.1, 0.15) is 5.82 Å². The maximum absolute atomic E-state index is 14.1. The van der Waals surface area contributed by atoms with Crippen LogP contribution >= 0.6 is 23.2 Å². The Kier molecular flexibility index (Phi) is 3.72. The second-order valence-corrected chi connectivity index (χ2v) is 6.13. The topological polar surface area (TPSA) is 12.0 Å². The minimum atomic E-state index is -0.317. The van der Waals surface area contributed by atoms with Crippen molar-refractivity contribution >= 4 is 23.2 Å². The van der Waals surface area contributed by atoms with Gasteiger partial charge in [0.05, 0.1) is 5.02 Å². The Morgan fingerprint density at radius 3 is 2.50 bits per heavy atom. The van der Waals surface area contributed by atoms with Crippen molar-refractivity contribution in [2.24, 2.45) is 0 Å². The Balaban J connectivity index is 1.96. The van der Waals surface area contributed by atoms with Crippen LogP contribution in [-0.4, -0.2) is 13.1 Å². The molecule has 1 heterocycles. The van der Waals surface area contributed by atoms with Gasteiger partial charge in [-0.15, -0.1) is 0 Å². The molecular weight excluding hydrogens is 296 g/mol. The molecule has 0 bridgehead atoms. The quantitative estimate of drug-likeness (QED) is 0.895. The summed E-state index contributed by atoms with van der Waals surface area (Å²) in [6.07, 6.45) is 0.618. The number of halogens is 3. The van der Waals surface area contributed by atoms with Crippen LogP contribution in [0.4, 0.5) is 4.39 Å². The summed E-state index contributed by atoms with van der Waals surface area (Å²) in [5.74, 6) is -0.317. The summed E-state index contributed by atoms with van der Waals surface area (Å²) in [7, 11) is 0. The molecule has 1 fully saturated rings. The third kappa shape index (κ3) is 2.44. The van der Waals surface area contributed by atoms with Gasteiger partial charge in [-0.25, -0.2) is 4.39 Å². The van der Waals surface area contributed by atoms with Gasteiger partial charge >= 0.3 is 0 Å². The monoisotopic (exact) mass is 309 g/mol. The van der Waals surface area contributed by atoms with Gasteiger partial charge < -0.3 is 5.32 Å². The van der Waals surface area contributed by atoms with Gasteiger partial charge in [0.15, 0.2) is 0 Å². The van der Waals surface area contributed by atoms with Crippen molar-refractivity contribution < 1.29 is 4.39 Å². The molecule has 4 heteroatoms. The van der Waals surface area contributed by atoms with Crippen LogP contribution in [0.1, 0.15) is 11.1 Å². The van der Waals surface area contributed by atoms with Crippen molar-refractivity contribution in [1.82, 2.24) is 5.32 Å². The van der Waals surface area contributed by atoms with E-state index in [9.17, 15) is 4.39 Å². The predicted octanol–water partition coefficient (Wildman–Crippen LogP) is 4.22. The highest BCUT2D eigenvalue weighted by Gasteiger charge is 2.39. The van der Waals surface area contributed by atoms with E-state index in [1.165, 1.54) is 0 Å². The first kappa shape index (κ1) is 13.9. The maximum atomic E-state index is 14.1. The van der Waals surface area contributed by atoms with E-state index in [0.29, 0.717) is 17.0 Å². The summed E-state index contributed by atoms with van der Waals surface area (Å²) in [4.78, 5) is 0. The van der Waals surface area contributed by atoms with Gasteiger partial charge in [0, 0.05) is 23.5 Å². The van der Waals surface area contributed by atoms with Crippen molar-refractivity contribution in [3.63, 3.8) is 0 Å². The molecule has 0 aromatic heterocycles. The molecule has 0 atom stereocenters. The average Bonchev–Trinajstić information content (AvgIpc) is 2.38. The molecule has 1 aliphatic rings. The van der Waals surface area contributed by atoms with Crippen molar-refractivity contribution in [1.29, 1.82) is 0 Å². The first-order valence-electron chi connectivity index (χ1n) is 6.50. The number of rotatable bonds is 3. The zero-order chi connectivity index (χ0) is 14.2. The van der Waals surface area contributed by atoms with E-state index >= 15 is 0 Å². The van der Waals surface area contributed by atoms with Gasteiger partial charge in [-0.05, 0) is 35.7 Å². The fourth-order valence-electron chi connectivity index (χ4n) is 2.73. The van der Waals surface area contributed by atoms with Gasteiger partial charge in [-0.2, -0.15) is 0 Å². The van der Waals surface area contributed by atoms with Crippen molar-refractivity contribution in [2.75, 3.05) is 13.1 Å². The maximum Gasteiger partial charge on any atom is 0.145 e. The Hall–Kier alpha value is -1.09. The van der Waals surface area contributed by atoms with E-state index in [1.807, 2.05) is 18.2 Å². The normalized spacial score (nSPS) is 16.8. The molecule has 0 spiro atoms. The van der Waals surface area contributed by atoms with Gasteiger partial charge in [0.25, 0.3) is 0 Å². The number of hydrogen-bond donors (Lipinski definition) is 1. The largest absolute Gasteiger partial charge is 0.315 e. The minimum Gasteiger partial charge on any atom is -0.315 e. The van der Waals surface area contributed by atoms with Crippen LogP contribution in [0.25, 0.3) is 0 Å².